The van der Waals surface area contributed by atoms with Gasteiger partial charge in [-0.25, -0.2) is 9.37 Å². The van der Waals surface area contributed by atoms with Gasteiger partial charge in [-0.3, -0.25) is 0 Å². The second kappa shape index (κ2) is 4.70. The van der Waals surface area contributed by atoms with E-state index in [1.165, 1.54) is 6.07 Å². The van der Waals surface area contributed by atoms with Gasteiger partial charge < -0.3 is 10.1 Å². The van der Waals surface area contributed by atoms with E-state index in [4.69, 9.17) is 16.3 Å². The van der Waals surface area contributed by atoms with Crippen LogP contribution in [0.2, 0.25) is 5.15 Å². The van der Waals surface area contributed by atoms with Crippen LogP contribution < -0.4 is 10.1 Å². The van der Waals surface area contributed by atoms with E-state index in [9.17, 15) is 4.39 Å². The minimum atomic E-state index is -0.216. The standard InChI is InChI=1S/C14H12ClFN2O/c1-19-14-7-9(6-13(15)18-14)12-5-8-4-10(16)2-3-11(8)17-12/h2-4,6-7,12,17H,5H2,1H3. The summed E-state index contributed by atoms with van der Waals surface area (Å²) in [6, 6.07) is 8.46. The van der Waals surface area contributed by atoms with E-state index in [-0.39, 0.29) is 11.9 Å². The van der Waals surface area contributed by atoms with Crippen molar-refractivity contribution in [2.75, 3.05) is 12.4 Å². The predicted octanol–water partition coefficient (Wildman–Crippen LogP) is 3.59. The Morgan fingerprint density at radius 3 is 3.00 bits per heavy atom. The molecule has 1 aromatic heterocycles. The first-order valence-corrected chi connectivity index (χ1v) is 6.30. The molecule has 0 radical (unpaired) electrons. The van der Waals surface area contributed by atoms with Gasteiger partial charge in [0.15, 0.2) is 0 Å². The number of ether oxygens (including phenoxy) is 1. The van der Waals surface area contributed by atoms with Crippen molar-refractivity contribution in [3.05, 3.63) is 52.4 Å². The smallest absolute Gasteiger partial charge is 0.214 e. The number of rotatable bonds is 2. The molecule has 19 heavy (non-hydrogen) atoms. The van der Waals surface area contributed by atoms with Crippen molar-refractivity contribution in [1.82, 2.24) is 4.98 Å². The Kier molecular flexibility index (Phi) is 3.03. The summed E-state index contributed by atoms with van der Waals surface area (Å²) < 4.78 is 18.3. The SMILES string of the molecule is COc1cc(C2Cc3cc(F)ccc3N2)cc(Cl)n1. The lowest BCUT2D eigenvalue weighted by molar-refractivity contribution is 0.397. The van der Waals surface area contributed by atoms with Gasteiger partial charge in [-0.1, -0.05) is 11.6 Å². The summed E-state index contributed by atoms with van der Waals surface area (Å²) in [5, 5.41) is 3.74. The lowest BCUT2D eigenvalue weighted by Gasteiger charge is -2.13. The zero-order valence-electron chi connectivity index (χ0n) is 10.3. The molecule has 0 saturated heterocycles. The van der Waals surface area contributed by atoms with Crippen molar-refractivity contribution >= 4 is 17.3 Å². The van der Waals surface area contributed by atoms with Crippen LogP contribution in [0.25, 0.3) is 0 Å². The monoisotopic (exact) mass is 278 g/mol. The maximum Gasteiger partial charge on any atom is 0.214 e. The summed E-state index contributed by atoms with van der Waals surface area (Å²) in [5.41, 5.74) is 2.91. The van der Waals surface area contributed by atoms with Crippen molar-refractivity contribution in [1.29, 1.82) is 0 Å². The molecule has 2 aromatic rings. The van der Waals surface area contributed by atoms with Gasteiger partial charge in [0.05, 0.1) is 13.2 Å². The number of hydrogen-bond acceptors (Lipinski definition) is 3. The molecule has 98 valence electrons. The van der Waals surface area contributed by atoms with E-state index in [1.807, 2.05) is 6.07 Å². The number of aromatic nitrogens is 1. The van der Waals surface area contributed by atoms with E-state index in [1.54, 1.807) is 25.3 Å². The molecule has 0 saturated carbocycles. The number of anilines is 1. The maximum atomic E-state index is 13.2. The summed E-state index contributed by atoms with van der Waals surface area (Å²) in [6.45, 7) is 0. The molecule has 0 amide bonds. The van der Waals surface area contributed by atoms with Crippen LogP contribution in [0.15, 0.2) is 30.3 Å². The molecule has 5 heteroatoms. The Morgan fingerprint density at radius 2 is 2.21 bits per heavy atom. The van der Waals surface area contributed by atoms with Gasteiger partial charge in [0.1, 0.15) is 11.0 Å². The van der Waals surface area contributed by atoms with Crippen LogP contribution in [0.3, 0.4) is 0 Å². The maximum absolute atomic E-state index is 13.2. The van der Waals surface area contributed by atoms with Crippen molar-refractivity contribution in [3.63, 3.8) is 0 Å². The quantitative estimate of drug-likeness (QED) is 0.853. The molecule has 0 spiro atoms. The first kappa shape index (κ1) is 12.2. The molecule has 1 aromatic carbocycles. The average Bonchev–Trinajstić information content (AvgIpc) is 2.80. The van der Waals surface area contributed by atoms with Crippen molar-refractivity contribution in [3.8, 4) is 5.88 Å². The van der Waals surface area contributed by atoms with Crippen LogP contribution in [-0.2, 0) is 6.42 Å². The molecular weight excluding hydrogens is 267 g/mol. The molecule has 0 bridgehead atoms. The molecule has 0 fully saturated rings. The highest BCUT2D eigenvalue weighted by Crippen LogP contribution is 2.35. The number of halogens is 2. The van der Waals surface area contributed by atoms with Gasteiger partial charge in [-0.2, -0.15) is 0 Å². The molecule has 2 heterocycles. The highest BCUT2D eigenvalue weighted by atomic mass is 35.5. The molecule has 1 aliphatic rings. The lowest BCUT2D eigenvalue weighted by atomic mass is 10.0. The zero-order chi connectivity index (χ0) is 13.4. The van der Waals surface area contributed by atoms with Crippen molar-refractivity contribution in [2.24, 2.45) is 0 Å². The van der Waals surface area contributed by atoms with Crippen LogP contribution in [0.1, 0.15) is 17.2 Å². The largest absolute Gasteiger partial charge is 0.481 e. The van der Waals surface area contributed by atoms with E-state index in [0.717, 1.165) is 23.2 Å². The summed E-state index contributed by atoms with van der Waals surface area (Å²) in [4.78, 5) is 4.04. The third kappa shape index (κ3) is 2.36. The number of pyridine rings is 1. The first-order valence-electron chi connectivity index (χ1n) is 5.92. The minimum Gasteiger partial charge on any atom is -0.481 e. The molecule has 1 N–H and O–H groups in total. The van der Waals surface area contributed by atoms with Crippen molar-refractivity contribution in [2.45, 2.75) is 12.5 Å². The van der Waals surface area contributed by atoms with Crippen LogP contribution in [0.5, 0.6) is 5.88 Å². The number of nitrogens with one attached hydrogen (secondary N) is 1. The summed E-state index contributed by atoms with van der Waals surface area (Å²) in [6.07, 6.45) is 0.719. The third-order valence-corrected chi connectivity index (χ3v) is 3.42. The normalized spacial score (nSPS) is 16.9. The Balaban J connectivity index is 1.92. The Labute approximate surface area is 115 Å². The topological polar surface area (TPSA) is 34.1 Å². The summed E-state index contributed by atoms with van der Waals surface area (Å²) in [5.74, 6) is 0.262. The first-order chi connectivity index (χ1) is 9.15. The predicted molar refractivity (Wildman–Crippen MR) is 72.3 cm³/mol. The molecule has 0 aliphatic carbocycles. The second-order valence-corrected chi connectivity index (χ2v) is 4.86. The average molecular weight is 279 g/mol. The Morgan fingerprint density at radius 1 is 1.37 bits per heavy atom. The fourth-order valence-corrected chi connectivity index (χ4v) is 2.54. The van der Waals surface area contributed by atoms with Crippen LogP contribution in [-0.4, -0.2) is 12.1 Å². The fraction of sp³-hybridized carbons (Fsp3) is 0.214. The zero-order valence-corrected chi connectivity index (χ0v) is 11.0. The lowest BCUT2D eigenvalue weighted by Crippen LogP contribution is -2.06. The van der Waals surface area contributed by atoms with Gasteiger partial charge in [-0.15, -0.1) is 0 Å². The van der Waals surface area contributed by atoms with E-state index in [2.05, 4.69) is 10.3 Å². The number of fused-ring (bicyclic) bond motifs is 1. The van der Waals surface area contributed by atoms with E-state index in [0.29, 0.717) is 11.0 Å². The fourth-order valence-electron chi connectivity index (χ4n) is 2.33. The molecule has 1 unspecified atom stereocenters. The Bertz CT molecular complexity index is 633. The number of methoxy groups -OCH3 is 1. The minimum absolute atomic E-state index is 0.0613. The van der Waals surface area contributed by atoms with Gasteiger partial charge in [0.25, 0.3) is 0 Å². The molecule has 1 aliphatic heterocycles. The van der Waals surface area contributed by atoms with E-state index < -0.39 is 0 Å². The summed E-state index contributed by atoms with van der Waals surface area (Å²) >= 11 is 5.96. The summed E-state index contributed by atoms with van der Waals surface area (Å²) in [7, 11) is 1.55. The third-order valence-electron chi connectivity index (χ3n) is 3.23. The van der Waals surface area contributed by atoms with Gasteiger partial charge in [0, 0.05) is 11.8 Å². The molecular formula is C14H12ClFN2O. The molecule has 3 nitrogen and oxygen atoms in total. The van der Waals surface area contributed by atoms with Crippen LogP contribution >= 0.6 is 11.6 Å². The van der Waals surface area contributed by atoms with Crippen LogP contribution in [0, 0.1) is 5.82 Å². The second-order valence-electron chi connectivity index (χ2n) is 4.47. The molecule has 3 rings (SSSR count). The number of nitrogens with zero attached hydrogens (tertiary/aromatic N) is 1. The van der Waals surface area contributed by atoms with Gasteiger partial charge in [0.2, 0.25) is 5.88 Å². The molecule has 1 atom stereocenters. The van der Waals surface area contributed by atoms with E-state index >= 15 is 0 Å². The van der Waals surface area contributed by atoms with Gasteiger partial charge >= 0.3 is 0 Å². The highest BCUT2D eigenvalue weighted by molar-refractivity contribution is 6.29. The number of benzene rings is 1. The van der Waals surface area contributed by atoms with Crippen LogP contribution in [0.4, 0.5) is 10.1 Å². The number of hydrogen-bond donors (Lipinski definition) is 1. The Hall–Kier alpha value is -1.81. The highest BCUT2D eigenvalue weighted by Gasteiger charge is 2.23. The van der Waals surface area contributed by atoms with Gasteiger partial charge in [-0.05, 0) is 41.8 Å². The van der Waals surface area contributed by atoms with Crippen molar-refractivity contribution < 1.29 is 9.13 Å².